The predicted molar refractivity (Wildman–Crippen MR) is 72.7 cm³/mol. The molecule has 4 nitrogen and oxygen atoms in total. The van der Waals surface area contributed by atoms with Crippen LogP contribution in [0, 0.1) is 0 Å². The summed E-state index contributed by atoms with van der Waals surface area (Å²) in [6.45, 7) is 3.65. The minimum atomic E-state index is -0.266. The van der Waals surface area contributed by atoms with E-state index in [1.165, 1.54) is 4.68 Å². The van der Waals surface area contributed by atoms with E-state index in [1.807, 2.05) is 0 Å². The van der Waals surface area contributed by atoms with E-state index in [-0.39, 0.29) is 5.91 Å². The molecule has 1 N–H and O–H groups in total. The van der Waals surface area contributed by atoms with E-state index in [4.69, 9.17) is 11.6 Å². The summed E-state index contributed by atoms with van der Waals surface area (Å²) in [5, 5.41) is 7.27. The number of hydrogen-bond acceptors (Lipinski definition) is 2. The highest BCUT2D eigenvalue weighted by Crippen LogP contribution is 2.21. The van der Waals surface area contributed by atoms with Crippen molar-refractivity contribution in [2.24, 2.45) is 7.05 Å². The standard InChI is InChI=1S/C13H12ClN3O/c1-3-9-8-15-17(2)12(9)13(18)16-11-7-5-4-6-10(11)14/h3-8H,1H2,2H3,(H,16,18). The van der Waals surface area contributed by atoms with Gasteiger partial charge in [0.15, 0.2) is 0 Å². The zero-order chi connectivity index (χ0) is 13.1. The number of rotatable bonds is 3. The number of para-hydroxylation sites is 1. The molecule has 2 rings (SSSR count). The van der Waals surface area contributed by atoms with Crippen LogP contribution in [0.25, 0.3) is 6.08 Å². The highest BCUT2D eigenvalue weighted by atomic mass is 35.5. The van der Waals surface area contributed by atoms with Gasteiger partial charge in [-0.1, -0.05) is 36.4 Å². The number of halogens is 1. The summed E-state index contributed by atoms with van der Waals surface area (Å²) in [7, 11) is 1.70. The Morgan fingerprint density at radius 3 is 2.89 bits per heavy atom. The Bertz CT molecular complexity index is 604. The molecule has 0 fully saturated rings. The lowest BCUT2D eigenvalue weighted by atomic mass is 10.2. The fraction of sp³-hybridized carbons (Fsp3) is 0.0769. The Balaban J connectivity index is 2.30. The Morgan fingerprint density at radius 1 is 1.50 bits per heavy atom. The monoisotopic (exact) mass is 261 g/mol. The first kappa shape index (κ1) is 12.4. The summed E-state index contributed by atoms with van der Waals surface area (Å²) in [6, 6.07) is 7.06. The van der Waals surface area contributed by atoms with Crippen LogP contribution in [0.5, 0.6) is 0 Å². The topological polar surface area (TPSA) is 46.9 Å². The Labute approximate surface area is 110 Å². The summed E-state index contributed by atoms with van der Waals surface area (Å²) in [4.78, 5) is 12.1. The minimum Gasteiger partial charge on any atom is -0.319 e. The Hall–Kier alpha value is -2.07. The van der Waals surface area contributed by atoms with Crippen LogP contribution in [0.3, 0.4) is 0 Å². The summed E-state index contributed by atoms with van der Waals surface area (Å²) in [5.41, 5.74) is 1.70. The van der Waals surface area contributed by atoms with Crippen molar-refractivity contribution in [1.29, 1.82) is 0 Å². The summed E-state index contributed by atoms with van der Waals surface area (Å²) in [6.07, 6.45) is 3.18. The van der Waals surface area contributed by atoms with Gasteiger partial charge in [0.05, 0.1) is 16.9 Å². The maximum absolute atomic E-state index is 12.1. The number of carbonyl (C=O) groups excluding carboxylic acids is 1. The van der Waals surface area contributed by atoms with Crippen molar-refractivity contribution in [2.75, 3.05) is 5.32 Å². The zero-order valence-corrected chi connectivity index (χ0v) is 10.6. The number of amides is 1. The van der Waals surface area contributed by atoms with E-state index in [1.54, 1.807) is 43.6 Å². The molecule has 0 unspecified atom stereocenters. The maximum atomic E-state index is 12.1. The van der Waals surface area contributed by atoms with Gasteiger partial charge in [0.1, 0.15) is 5.69 Å². The van der Waals surface area contributed by atoms with E-state index in [0.29, 0.717) is 22.0 Å². The highest BCUT2D eigenvalue weighted by molar-refractivity contribution is 6.33. The third-order valence-electron chi connectivity index (χ3n) is 2.52. The molecule has 1 aromatic heterocycles. The van der Waals surface area contributed by atoms with Crippen LogP contribution in [-0.2, 0) is 7.05 Å². The second-order valence-corrected chi connectivity index (χ2v) is 4.12. The molecule has 1 aromatic carbocycles. The number of aromatic nitrogens is 2. The minimum absolute atomic E-state index is 0.266. The van der Waals surface area contributed by atoms with Crippen LogP contribution in [0.2, 0.25) is 5.02 Å². The Morgan fingerprint density at radius 2 is 2.22 bits per heavy atom. The van der Waals surface area contributed by atoms with Gasteiger partial charge in [0.2, 0.25) is 0 Å². The first-order valence-electron chi connectivity index (χ1n) is 5.34. The van der Waals surface area contributed by atoms with Crippen molar-refractivity contribution in [1.82, 2.24) is 9.78 Å². The molecule has 5 heteroatoms. The van der Waals surface area contributed by atoms with Crippen LogP contribution < -0.4 is 5.32 Å². The maximum Gasteiger partial charge on any atom is 0.274 e. The zero-order valence-electron chi connectivity index (χ0n) is 9.85. The number of nitrogens with zero attached hydrogens (tertiary/aromatic N) is 2. The van der Waals surface area contributed by atoms with E-state index < -0.39 is 0 Å². The fourth-order valence-corrected chi connectivity index (χ4v) is 1.81. The van der Waals surface area contributed by atoms with Crippen molar-refractivity contribution >= 4 is 29.3 Å². The first-order chi connectivity index (χ1) is 8.63. The van der Waals surface area contributed by atoms with Crippen LogP contribution >= 0.6 is 11.6 Å². The van der Waals surface area contributed by atoms with Gasteiger partial charge >= 0.3 is 0 Å². The predicted octanol–water partition coefficient (Wildman–Crippen LogP) is 2.97. The van der Waals surface area contributed by atoms with Crippen LogP contribution in [0.15, 0.2) is 37.0 Å². The van der Waals surface area contributed by atoms with Gasteiger partial charge in [-0.25, -0.2) is 0 Å². The molecular weight excluding hydrogens is 250 g/mol. The highest BCUT2D eigenvalue weighted by Gasteiger charge is 2.15. The first-order valence-corrected chi connectivity index (χ1v) is 5.71. The van der Waals surface area contributed by atoms with Gasteiger partial charge in [-0.3, -0.25) is 9.48 Å². The van der Waals surface area contributed by atoms with Crippen molar-refractivity contribution in [3.05, 3.63) is 53.3 Å². The second-order valence-electron chi connectivity index (χ2n) is 3.71. The van der Waals surface area contributed by atoms with Gasteiger partial charge in [0, 0.05) is 12.6 Å². The smallest absolute Gasteiger partial charge is 0.274 e. The number of benzene rings is 1. The summed E-state index contributed by atoms with van der Waals surface area (Å²) < 4.78 is 1.50. The lowest BCUT2D eigenvalue weighted by Gasteiger charge is -2.07. The summed E-state index contributed by atoms with van der Waals surface area (Å²) >= 11 is 5.99. The lowest BCUT2D eigenvalue weighted by molar-refractivity contribution is 0.101. The molecule has 0 bridgehead atoms. The van der Waals surface area contributed by atoms with Gasteiger partial charge in [-0.15, -0.1) is 0 Å². The molecular formula is C13H12ClN3O. The largest absolute Gasteiger partial charge is 0.319 e. The molecule has 0 aliphatic carbocycles. The van der Waals surface area contributed by atoms with E-state index in [2.05, 4.69) is 17.0 Å². The molecule has 0 radical (unpaired) electrons. The average Bonchev–Trinajstić information content (AvgIpc) is 2.73. The third kappa shape index (κ3) is 2.28. The normalized spacial score (nSPS) is 10.1. The number of aryl methyl sites for hydroxylation is 1. The van der Waals surface area contributed by atoms with Crippen molar-refractivity contribution < 1.29 is 4.79 Å². The Kier molecular flexibility index (Phi) is 3.48. The molecule has 0 atom stereocenters. The van der Waals surface area contributed by atoms with E-state index >= 15 is 0 Å². The van der Waals surface area contributed by atoms with Crippen LogP contribution in [-0.4, -0.2) is 15.7 Å². The SMILES string of the molecule is C=Cc1cnn(C)c1C(=O)Nc1ccccc1Cl. The molecule has 2 aromatic rings. The fourth-order valence-electron chi connectivity index (χ4n) is 1.63. The number of anilines is 1. The van der Waals surface area contributed by atoms with Gasteiger partial charge in [0.25, 0.3) is 5.91 Å². The summed E-state index contributed by atoms with van der Waals surface area (Å²) in [5.74, 6) is -0.266. The number of carbonyl (C=O) groups is 1. The quantitative estimate of drug-likeness (QED) is 0.923. The molecule has 1 amide bonds. The molecule has 0 saturated carbocycles. The lowest BCUT2D eigenvalue weighted by Crippen LogP contribution is -2.17. The van der Waals surface area contributed by atoms with E-state index in [9.17, 15) is 4.79 Å². The van der Waals surface area contributed by atoms with Gasteiger partial charge in [-0.2, -0.15) is 5.10 Å². The second kappa shape index (κ2) is 5.06. The number of hydrogen-bond donors (Lipinski definition) is 1. The van der Waals surface area contributed by atoms with E-state index in [0.717, 1.165) is 0 Å². The van der Waals surface area contributed by atoms with Crippen molar-refractivity contribution in [3.63, 3.8) is 0 Å². The van der Waals surface area contributed by atoms with Crippen LogP contribution in [0.1, 0.15) is 16.1 Å². The molecule has 0 aliphatic heterocycles. The molecule has 1 heterocycles. The molecule has 18 heavy (non-hydrogen) atoms. The van der Waals surface area contributed by atoms with Crippen molar-refractivity contribution in [2.45, 2.75) is 0 Å². The van der Waals surface area contributed by atoms with Crippen LogP contribution in [0.4, 0.5) is 5.69 Å². The molecule has 0 aliphatic rings. The number of nitrogens with one attached hydrogen (secondary N) is 1. The molecule has 0 saturated heterocycles. The van der Waals surface area contributed by atoms with Crippen molar-refractivity contribution in [3.8, 4) is 0 Å². The van der Waals surface area contributed by atoms with Gasteiger partial charge in [-0.05, 0) is 12.1 Å². The van der Waals surface area contributed by atoms with Gasteiger partial charge < -0.3 is 5.32 Å². The third-order valence-corrected chi connectivity index (χ3v) is 2.85. The molecule has 0 spiro atoms. The average molecular weight is 262 g/mol. The molecule has 92 valence electrons.